The number of aromatic nitrogens is 1. The Balaban J connectivity index is 2.54. The number of anilines is 1. The summed E-state index contributed by atoms with van der Waals surface area (Å²) in [5, 5.41) is 2.52. The van der Waals surface area contributed by atoms with E-state index in [4.69, 9.17) is 11.5 Å². The zero-order chi connectivity index (χ0) is 11.3. The maximum Gasteiger partial charge on any atom is 0.253 e. The molecule has 0 aliphatic rings. The lowest BCUT2D eigenvalue weighted by Gasteiger charge is -2.05. The Labute approximate surface area is 86.7 Å². The summed E-state index contributed by atoms with van der Waals surface area (Å²) >= 11 is 0. The Bertz CT molecular complexity index is 378. The van der Waals surface area contributed by atoms with Gasteiger partial charge in [0.05, 0.1) is 17.4 Å². The SMILES string of the molecule is NC(=O)CCNC(=O)c1ccncc1N. The summed E-state index contributed by atoms with van der Waals surface area (Å²) in [7, 11) is 0. The van der Waals surface area contributed by atoms with E-state index in [1.54, 1.807) is 0 Å². The molecule has 1 rings (SSSR count). The Morgan fingerprint density at radius 1 is 1.47 bits per heavy atom. The average molecular weight is 208 g/mol. The van der Waals surface area contributed by atoms with Crippen LogP contribution in [0.5, 0.6) is 0 Å². The van der Waals surface area contributed by atoms with E-state index in [-0.39, 0.29) is 18.9 Å². The van der Waals surface area contributed by atoms with Gasteiger partial charge in [-0.1, -0.05) is 0 Å². The molecule has 0 spiro atoms. The van der Waals surface area contributed by atoms with Crippen LogP contribution in [0.15, 0.2) is 18.5 Å². The van der Waals surface area contributed by atoms with E-state index >= 15 is 0 Å². The van der Waals surface area contributed by atoms with Crippen LogP contribution in [-0.2, 0) is 4.79 Å². The van der Waals surface area contributed by atoms with Crippen molar-refractivity contribution < 1.29 is 9.59 Å². The molecule has 1 aromatic heterocycles. The molecule has 0 aliphatic carbocycles. The van der Waals surface area contributed by atoms with Gasteiger partial charge in [-0.3, -0.25) is 14.6 Å². The molecular formula is C9H12N4O2. The number of hydrogen-bond donors (Lipinski definition) is 3. The summed E-state index contributed by atoms with van der Waals surface area (Å²) in [6.07, 6.45) is 2.97. The largest absolute Gasteiger partial charge is 0.397 e. The van der Waals surface area contributed by atoms with E-state index in [0.29, 0.717) is 11.3 Å². The Morgan fingerprint density at radius 3 is 2.80 bits per heavy atom. The molecule has 0 radical (unpaired) electrons. The normalized spacial score (nSPS) is 9.60. The minimum absolute atomic E-state index is 0.108. The number of nitrogens with one attached hydrogen (secondary N) is 1. The van der Waals surface area contributed by atoms with E-state index in [9.17, 15) is 9.59 Å². The summed E-state index contributed by atoms with van der Waals surface area (Å²) < 4.78 is 0. The van der Waals surface area contributed by atoms with Gasteiger partial charge in [-0.05, 0) is 6.07 Å². The molecule has 1 heterocycles. The van der Waals surface area contributed by atoms with Crippen LogP contribution in [0.1, 0.15) is 16.8 Å². The lowest BCUT2D eigenvalue weighted by molar-refractivity contribution is -0.117. The number of carbonyl (C=O) groups is 2. The molecule has 0 saturated heterocycles. The van der Waals surface area contributed by atoms with Gasteiger partial charge in [-0.15, -0.1) is 0 Å². The number of nitrogens with zero attached hydrogens (tertiary/aromatic N) is 1. The fourth-order valence-electron chi connectivity index (χ4n) is 1.01. The van der Waals surface area contributed by atoms with E-state index in [1.807, 2.05) is 0 Å². The highest BCUT2D eigenvalue weighted by Crippen LogP contribution is 2.07. The van der Waals surface area contributed by atoms with Crippen molar-refractivity contribution in [1.29, 1.82) is 0 Å². The third-order valence-electron chi connectivity index (χ3n) is 1.75. The smallest absolute Gasteiger partial charge is 0.253 e. The highest BCUT2D eigenvalue weighted by Gasteiger charge is 2.08. The second kappa shape index (κ2) is 4.94. The van der Waals surface area contributed by atoms with Crippen molar-refractivity contribution in [2.24, 2.45) is 5.73 Å². The molecule has 0 unspecified atom stereocenters. The number of pyridine rings is 1. The van der Waals surface area contributed by atoms with Crippen LogP contribution in [0.4, 0.5) is 5.69 Å². The van der Waals surface area contributed by atoms with Crippen molar-refractivity contribution >= 4 is 17.5 Å². The number of rotatable bonds is 4. The van der Waals surface area contributed by atoms with Gasteiger partial charge < -0.3 is 16.8 Å². The molecule has 1 aromatic rings. The first kappa shape index (κ1) is 11.0. The quantitative estimate of drug-likeness (QED) is 0.605. The third kappa shape index (κ3) is 3.26. The molecule has 0 atom stereocenters. The molecule has 15 heavy (non-hydrogen) atoms. The zero-order valence-corrected chi connectivity index (χ0v) is 8.06. The van der Waals surface area contributed by atoms with Crippen molar-refractivity contribution in [3.63, 3.8) is 0 Å². The maximum absolute atomic E-state index is 11.5. The number of carbonyl (C=O) groups excluding carboxylic acids is 2. The second-order valence-electron chi connectivity index (χ2n) is 2.94. The van der Waals surface area contributed by atoms with E-state index in [2.05, 4.69) is 10.3 Å². The van der Waals surface area contributed by atoms with Crippen molar-refractivity contribution in [3.8, 4) is 0 Å². The topological polar surface area (TPSA) is 111 Å². The van der Waals surface area contributed by atoms with Crippen LogP contribution in [0.3, 0.4) is 0 Å². The second-order valence-corrected chi connectivity index (χ2v) is 2.94. The fraction of sp³-hybridized carbons (Fsp3) is 0.222. The number of nitrogen functional groups attached to an aromatic ring is 1. The van der Waals surface area contributed by atoms with E-state index < -0.39 is 5.91 Å². The van der Waals surface area contributed by atoms with Gasteiger partial charge in [-0.2, -0.15) is 0 Å². The van der Waals surface area contributed by atoms with Gasteiger partial charge in [0.25, 0.3) is 5.91 Å². The highest BCUT2D eigenvalue weighted by molar-refractivity contribution is 5.98. The molecule has 0 fully saturated rings. The minimum atomic E-state index is -0.460. The first-order valence-corrected chi connectivity index (χ1v) is 4.37. The summed E-state index contributed by atoms with van der Waals surface area (Å²) in [5.41, 5.74) is 11.1. The molecule has 0 aromatic carbocycles. The lowest BCUT2D eigenvalue weighted by Crippen LogP contribution is -2.28. The van der Waals surface area contributed by atoms with Gasteiger partial charge in [-0.25, -0.2) is 0 Å². The minimum Gasteiger partial charge on any atom is -0.397 e. The molecule has 0 saturated carbocycles. The van der Waals surface area contributed by atoms with Crippen molar-refractivity contribution in [2.45, 2.75) is 6.42 Å². The molecule has 0 bridgehead atoms. The Hall–Kier alpha value is -2.11. The van der Waals surface area contributed by atoms with Gasteiger partial charge in [0.15, 0.2) is 0 Å². The lowest BCUT2D eigenvalue weighted by atomic mass is 10.2. The number of primary amides is 1. The average Bonchev–Trinajstić information content (AvgIpc) is 2.17. The van der Waals surface area contributed by atoms with Crippen LogP contribution in [0, 0.1) is 0 Å². The van der Waals surface area contributed by atoms with Crippen molar-refractivity contribution in [2.75, 3.05) is 12.3 Å². The molecule has 6 heteroatoms. The van der Waals surface area contributed by atoms with Crippen LogP contribution in [-0.4, -0.2) is 23.3 Å². The molecule has 2 amide bonds. The van der Waals surface area contributed by atoms with Crippen LogP contribution in [0.2, 0.25) is 0 Å². The standard InChI is InChI=1S/C9H12N4O2/c10-7-5-12-3-1-6(7)9(15)13-4-2-8(11)14/h1,3,5H,2,4,10H2,(H2,11,14)(H,13,15). The fourth-order valence-corrected chi connectivity index (χ4v) is 1.01. The van der Waals surface area contributed by atoms with Gasteiger partial charge >= 0.3 is 0 Å². The number of amides is 2. The summed E-state index contributed by atoms with van der Waals surface area (Å²) in [6.45, 7) is 0.204. The monoisotopic (exact) mass is 208 g/mol. The number of nitrogens with two attached hydrogens (primary N) is 2. The molecular weight excluding hydrogens is 196 g/mol. The predicted octanol–water partition coefficient (Wildman–Crippen LogP) is -0.731. The van der Waals surface area contributed by atoms with E-state index in [0.717, 1.165) is 0 Å². The first-order chi connectivity index (χ1) is 7.11. The van der Waals surface area contributed by atoms with Crippen LogP contribution in [0.25, 0.3) is 0 Å². The van der Waals surface area contributed by atoms with Crippen molar-refractivity contribution in [1.82, 2.24) is 10.3 Å². The van der Waals surface area contributed by atoms with Gasteiger partial charge in [0.1, 0.15) is 0 Å². The van der Waals surface area contributed by atoms with Crippen LogP contribution < -0.4 is 16.8 Å². The van der Waals surface area contributed by atoms with Gasteiger partial charge in [0.2, 0.25) is 5.91 Å². The molecule has 0 aliphatic heterocycles. The highest BCUT2D eigenvalue weighted by atomic mass is 16.2. The first-order valence-electron chi connectivity index (χ1n) is 4.37. The molecule has 5 N–H and O–H groups in total. The van der Waals surface area contributed by atoms with Crippen LogP contribution >= 0.6 is 0 Å². The number of hydrogen-bond acceptors (Lipinski definition) is 4. The summed E-state index contributed by atoms with van der Waals surface area (Å²) in [5.74, 6) is -0.797. The predicted molar refractivity (Wildman–Crippen MR) is 54.8 cm³/mol. The maximum atomic E-state index is 11.5. The third-order valence-corrected chi connectivity index (χ3v) is 1.75. The molecule has 6 nitrogen and oxygen atoms in total. The van der Waals surface area contributed by atoms with E-state index in [1.165, 1.54) is 18.5 Å². The Morgan fingerprint density at radius 2 is 2.20 bits per heavy atom. The van der Waals surface area contributed by atoms with Gasteiger partial charge in [0, 0.05) is 19.2 Å². The molecule has 80 valence electrons. The summed E-state index contributed by atoms with van der Waals surface area (Å²) in [4.78, 5) is 25.7. The summed E-state index contributed by atoms with van der Waals surface area (Å²) in [6, 6.07) is 1.51. The Kier molecular flexibility index (Phi) is 3.61. The zero-order valence-electron chi connectivity index (χ0n) is 8.06. The van der Waals surface area contributed by atoms with Crippen molar-refractivity contribution in [3.05, 3.63) is 24.0 Å².